The molecule has 6 heteroatoms. The maximum Gasteiger partial charge on any atom is 0.274 e. The van der Waals surface area contributed by atoms with Crippen LogP contribution in [0.4, 0.5) is 0 Å². The molecule has 1 amide bonds. The van der Waals surface area contributed by atoms with Gasteiger partial charge in [-0.1, -0.05) is 0 Å². The van der Waals surface area contributed by atoms with Crippen LogP contribution in [0.2, 0.25) is 0 Å². The Hall–Kier alpha value is -1.40. The first kappa shape index (κ1) is 9.80. The number of ether oxygens (including phenoxy) is 1. The first-order valence-electron chi connectivity index (χ1n) is 5.50. The minimum absolute atomic E-state index is 0.0181. The third-order valence-electron chi connectivity index (χ3n) is 3.06. The van der Waals surface area contributed by atoms with Crippen LogP contribution in [0.5, 0.6) is 0 Å². The van der Waals surface area contributed by atoms with Crippen molar-refractivity contribution in [3.05, 3.63) is 17.0 Å². The number of carbonyl (C=O) groups excluding carboxylic acids is 1. The number of rotatable bonds is 1. The Morgan fingerprint density at radius 3 is 2.94 bits per heavy atom. The van der Waals surface area contributed by atoms with E-state index in [1.165, 1.54) is 0 Å². The van der Waals surface area contributed by atoms with E-state index in [-0.39, 0.29) is 5.91 Å². The molecule has 0 aliphatic carbocycles. The molecule has 3 rings (SSSR count). The average Bonchev–Trinajstić information content (AvgIpc) is 2.91. The van der Waals surface area contributed by atoms with Crippen LogP contribution >= 0.6 is 0 Å². The number of aromatic nitrogens is 2. The molecule has 0 aromatic carbocycles. The lowest BCUT2D eigenvalue weighted by Gasteiger charge is -2.26. The van der Waals surface area contributed by atoms with Crippen molar-refractivity contribution in [2.45, 2.75) is 13.1 Å². The van der Waals surface area contributed by atoms with Crippen LogP contribution in [-0.2, 0) is 17.8 Å². The van der Waals surface area contributed by atoms with E-state index in [0.717, 1.165) is 24.3 Å². The molecule has 0 saturated carbocycles. The van der Waals surface area contributed by atoms with Gasteiger partial charge in [-0.15, -0.1) is 0 Å². The van der Waals surface area contributed by atoms with Crippen LogP contribution in [0, 0.1) is 0 Å². The standard InChI is InChI=1S/C10H14N4O2/c15-10(14-1-3-16-4-2-14)9-7-5-11-6-8(7)12-13-9/h11H,1-6H2,(H,12,13). The number of nitrogens with zero attached hydrogens (tertiary/aromatic N) is 2. The normalized spacial score (nSPS) is 19.9. The molecule has 0 spiro atoms. The second-order valence-electron chi connectivity index (χ2n) is 4.04. The predicted molar refractivity (Wildman–Crippen MR) is 55.9 cm³/mol. The van der Waals surface area contributed by atoms with Gasteiger partial charge >= 0.3 is 0 Å². The van der Waals surface area contributed by atoms with Crippen molar-refractivity contribution in [3.8, 4) is 0 Å². The molecule has 0 atom stereocenters. The number of H-pyrrole nitrogens is 1. The quantitative estimate of drug-likeness (QED) is 0.671. The fourth-order valence-electron chi connectivity index (χ4n) is 2.14. The molecule has 1 saturated heterocycles. The van der Waals surface area contributed by atoms with Gasteiger partial charge in [0.25, 0.3) is 5.91 Å². The number of morpholine rings is 1. The van der Waals surface area contributed by atoms with E-state index in [1.54, 1.807) is 4.90 Å². The SMILES string of the molecule is O=C(c1n[nH]c2c1CNC2)N1CCOCC1. The van der Waals surface area contributed by atoms with Gasteiger partial charge in [0.1, 0.15) is 0 Å². The van der Waals surface area contributed by atoms with Crippen LogP contribution in [0.3, 0.4) is 0 Å². The molecule has 86 valence electrons. The fraction of sp³-hybridized carbons (Fsp3) is 0.600. The number of fused-ring (bicyclic) bond motifs is 1. The molecule has 1 aromatic heterocycles. The van der Waals surface area contributed by atoms with Crippen LogP contribution in [0.1, 0.15) is 21.7 Å². The van der Waals surface area contributed by atoms with Gasteiger partial charge < -0.3 is 15.0 Å². The van der Waals surface area contributed by atoms with Crippen LogP contribution in [0.15, 0.2) is 0 Å². The first-order valence-corrected chi connectivity index (χ1v) is 5.50. The highest BCUT2D eigenvalue weighted by molar-refractivity contribution is 5.94. The molecule has 3 heterocycles. The Morgan fingerprint density at radius 1 is 1.31 bits per heavy atom. The lowest BCUT2D eigenvalue weighted by atomic mass is 10.2. The second kappa shape index (κ2) is 3.88. The zero-order valence-electron chi connectivity index (χ0n) is 8.95. The van der Waals surface area contributed by atoms with E-state index in [0.29, 0.717) is 32.0 Å². The molecule has 0 unspecified atom stereocenters. The highest BCUT2D eigenvalue weighted by Gasteiger charge is 2.27. The summed E-state index contributed by atoms with van der Waals surface area (Å²) < 4.78 is 5.23. The zero-order valence-corrected chi connectivity index (χ0v) is 8.95. The lowest BCUT2D eigenvalue weighted by molar-refractivity contribution is 0.0298. The van der Waals surface area contributed by atoms with Crippen molar-refractivity contribution in [3.63, 3.8) is 0 Å². The molecular formula is C10H14N4O2. The second-order valence-corrected chi connectivity index (χ2v) is 4.04. The van der Waals surface area contributed by atoms with Crippen molar-refractivity contribution < 1.29 is 9.53 Å². The van der Waals surface area contributed by atoms with E-state index in [1.807, 2.05) is 0 Å². The van der Waals surface area contributed by atoms with Crippen molar-refractivity contribution in [2.24, 2.45) is 0 Å². The summed E-state index contributed by atoms with van der Waals surface area (Å²) in [7, 11) is 0. The maximum atomic E-state index is 12.2. The summed E-state index contributed by atoms with van der Waals surface area (Å²) >= 11 is 0. The van der Waals surface area contributed by atoms with Gasteiger partial charge in [0, 0.05) is 31.7 Å². The van der Waals surface area contributed by atoms with E-state index in [9.17, 15) is 4.79 Å². The number of amides is 1. The molecule has 16 heavy (non-hydrogen) atoms. The third kappa shape index (κ3) is 1.50. The maximum absolute atomic E-state index is 12.2. The zero-order chi connectivity index (χ0) is 11.0. The molecule has 2 aliphatic rings. The summed E-state index contributed by atoms with van der Waals surface area (Å²) in [5.74, 6) is 0.0181. The summed E-state index contributed by atoms with van der Waals surface area (Å²) in [6.45, 7) is 4.07. The van der Waals surface area contributed by atoms with E-state index in [2.05, 4.69) is 15.5 Å². The number of hydrogen-bond acceptors (Lipinski definition) is 4. The molecule has 2 aliphatic heterocycles. The Balaban J connectivity index is 1.83. The number of carbonyl (C=O) groups is 1. The molecule has 1 fully saturated rings. The molecular weight excluding hydrogens is 208 g/mol. The topological polar surface area (TPSA) is 70.2 Å². The Labute approximate surface area is 93.0 Å². The highest BCUT2D eigenvalue weighted by atomic mass is 16.5. The predicted octanol–water partition coefficient (Wildman–Crippen LogP) is -0.515. The van der Waals surface area contributed by atoms with Crippen LogP contribution in [0.25, 0.3) is 0 Å². The van der Waals surface area contributed by atoms with Gasteiger partial charge in [-0.25, -0.2) is 0 Å². The van der Waals surface area contributed by atoms with Crippen molar-refractivity contribution in [1.82, 2.24) is 20.4 Å². The minimum atomic E-state index is 0.0181. The van der Waals surface area contributed by atoms with Gasteiger partial charge in [-0.05, 0) is 0 Å². The van der Waals surface area contributed by atoms with E-state index < -0.39 is 0 Å². The van der Waals surface area contributed by atoms with Gasteiger partial charge in [-0.3, -0.25) is 9.89 Å². The van der Waals surface area contributed by atoms with Crippen molar-refractivity contribution in [1.29, 1.82) is 0 Å². The highest BCUT2D eigenvalue weighted by Crippen LogP contribution is 2.18. The molecule has 2 N–H and O–H groups in total. The summed E-state index contributed by atoms with van der Waals surface area (Å²) in [6, 6.07) is 0. The monoisotopic (exact) mass is 222 g/mol. The van der Waals surface area contributed by atoms with E-state index >= 15 is 0 Å². The number of aromatic amines is 1. The first-order chi connectivity index (χ1) is 7.86. The molecule has 0 radical (unpaired) electrons. The Kier molecular flexibility index (Phi) is 2.37. The number of nitrogens with one attached hydrogen (secondary N) is 2. The van der Waals surface area contributed by atoms with E-state index in [4.69, 9.17) is 4.74 Å². The average molecular weight is 222 g/mol. The smallest absolute Gasteiger partial charge is 0.274 e. The summed E-state index contributed by atoms with van der Waals surface area (Å²) in [5, 5.41) is 10.2. The van der Waals surface area contributed by atoms with Crippen LogP contribution in [-0.4, -0.2) is 47.3 Å². The largest absolute Gasteiger partial charge is 0.378 e. The van der Waals surface area contributed by atoms with Crippen molar-refractivity contribution in [2.75, 3.05) is 26.3 Å². The van der Waals surface area contributed by atoms with Gasteiger partial charge in [-0.2, -0.15) is 5.10 Å². The van der Waals surface area contributed by atoms with Crippen molar-refractivity contribution >= 4 is 5.91 Å². The Morgan fingerprint density at radius 2 is 2.12 bits per heavy atom. The summed E-state index contributed by atoms with van der Waals surface area (Å²) in [4.78, 5) is 14.0. The van der Waals surface area contributed by atoms with Gasteiger partial charge in [0.05, 0.1) is 18.9 Å². The van der Waals surface area contributed by atoms with Gasteiger partial charge in [0.2, 0.25) is 0 Å². The molecule has 0 bridgehead atoms. The molecule has 1 aromatic rings. The minimum Gasteiger partial charge on any atom is -0.378 e. The number of hydrogen-bond donors (Lipinski definition) is 2. The summed E-state index contributed by atoms with van der Waals surface area (Å²) in [5.41, 5.74) is 2.63. The molecule has 6 nitrogen and oxygen atoms in total. The van der Waals surface area contributed by atoms with Crippen LogP contribution < -0.4 is 5.32 Å². The van der Waals surface area contributed by atoms with Gasteiger partial charge in [0.15, 0.2) is 5.69 Å². The fourth-order valence-corrected chi connectivity index (χ4v) is 2.14. The lowest BCUT2D eigenvalue weighted by Crippen LogP contribution is -2.41. The summed E-state index contributed by atoms with van der Waals surface area (Å²) in [6.07, 6.45) is 0. The Bertz CT molecular complexity index is 409. The third-order valence-corrected chi connectivity index (χ3v) is 3.06.